The Morgan fingerprint density at radius 3 is 2.04 bits per heavy atom. The summed E-state index contributed by atoms with van der Waals surface area (Å²) in [5.74, 6) is 0.435. The molecule has 0 saturated heterocycles. The molecule has 0 saturated carbocycles. The molecule has 0 N–H and O–H groups in total. The van der Waals surface area contributed by atoms with Gasteiger partial charge in [-0.1, -0.05) is 32.9 Å². The Labute approximate surface area is 151 Å². The fourth-order valence-corrected chi connectivity index (χ4v) is 2.73. The van der Waals surface area contributed by atoms with E-state index >= 15 is 0 Å². The molecule has 0 aliphatic heterocycles. The van der Waals surface area contributed by atoms with Crippen LogP contribution in [0.2, 0.25) is 0 Å². The van der Waals surface area contributed by atoms with Crippen LogP contribution in [0.4, 0.5) is 0 Å². The van der Waals surface area contributed by atoms with E-state index in [9.17, 15) is 4.79 Å². The summed E-state index contributed by atoms with van der Waals surface area (Å²) in [6.07, 6.45) is 0. The van der Waals surface area contributed by atoms with Crippen molar-refractivity contribution in [2.75, 3.05) is 6.61 Å². The SMILES string of the molecule is CCOc1ccc(C(=O)OCc2c(C)cc(C(C)(C)C)cc2C)cc1. The molecule has 0 unspecified atom stereocenters. The van der Waals surface area contributed by atoms with Crippen molar-refractivity contribution in [3.8, 4) is 5.75 Å². The largest absolute Gasteiger partial charge is 0.494 e. The molecule has 134 valence electrons. The van der Waals surface area contributed by atoms with E-state index in [0.717, 1.165) is 22.4 Å². The van der Waals surface area contributed by atoms with Crippen molar-refractivity contribution < 1.29 is 14.3 Å². The summed E-state index contributed by atoms with van der Waals surface area (Å²) in [6, 6.07) is 11.4. The molecule has 0 spiro atoms. The zero-order valence-corrected chi connectivity index (χ0v) is 16.1. The van der Waals surface area contributed by atoms with Crippen LogP contribution in [-0.2, 0) is 16.8 Å². The van der Waals surface area contributed by atoms with E-state index in [1.807, 2.05) is 6.92 Å². The van der Waals surface area contributed by atoms with E-state index in [4.69, 9.17) is 9.47 Å². The van der Waals surface area contributed by atoms with Gasteiger partial charge in [0.15, 0.2) is 0 Å². The second kappa shape index (κ2) is 7.73. The third-order valence-electron chi connectivity index (χ3n) is 4.31. The van der Waals surface area contributed by atoms with Crippen LogP contribution in [0.1, 0.15) is 60.3 Å². The minimum atomic E-state index is -0.318. The Morgan fingerprint density at radius 1 is 1.00 bits per heavy atom. The molecule has 3 heteroatoms. The number of benzene rings is 2. The zero-order chi connectivity index (χ0) is 18.6. The standard InChI is InChI=1S/C22H28O3/c1-7-24-19-10-8-17(9-11-19)21(23)25-14-20-15(2)12-18(13-16(20)3)22(4,5)6/h8-13H,7,14H2,1-6H3. The highest BCUT2D eigenvalue weighted by Crippen LogP contribution is 2.27. The number of rotatable bonds is 5. The maximum Gasteiger partial charge on any atom is 0.338 e. The lowest BCUT2D eigenvalue weighted by Crippen LogP contribution is -2.13. The summed E-state index contributed by atoms with van der Waals surface area (Å²) in [5.41, 5.74) is 5.32. The second-order valence-corrected chi connectivity index (χ2v) is 7.37. The van der Waals surface area contributed by atoms with Gasteiger partial charge in [-0.25, -0.2) is 4.79 Å². The fourth-order valence-electron chi connectivity index (χ4n) is 2.73. The topological polar surface area (TPSA) is 35.5 Å². The van der Waals surface area contributed by atoms with E-state index in [0.29, 0.717) is 12.2 Å². The molecule has 25 heavy (non-hydrogen) atoms. The van der Waals surface area contributed by atoms with Gasteiger partial charge in [0.05, 0.1) is 12.2 Å². The molecule has 0 bridgehead atoms. The lowest BCUT2D eigenvalue weighted by atomic mass is 9.84. The normalized spacial score (nSPS) is 11.3. The van der Waals surface area contributed by atoms with Gasteiger partial charge in [-0.3, -0.25) is 0 Å². The van der Waals surface area contributed by atoms with Gasteiger partial charge in [0, 0.05) is 0 Å². The predicted molar refractivity (Wildman–Crippen MR) is 101 cm³/mol. The molecule has 2 rings (SSSR count). The highest BCUT2D eigenvalue weighted by Gasteiger charge is 2.17. The summed E-state index contributed by atoms with van der Waals surface area (Å²) in [7, 11) is 0. The Kier molecular flexibility index (Phi) is 5.89. The van der Waals surface area contributed by atoms with Gasteiger partial charge in [-0.2, -0.15) is 0 Å². The van der Waals surface area contributed by atoms with E-state index in [1.165, 1.54) is 5.56 Å². The molecular formula is C22H28O3. The Balaban J connectivity index is 2.09. The lowest BCUT2D eigenvalue weighted by molar-refractivity contribution is 0.0471. The van der Waals surface area contributed by atoms with Gasteiger partial charge in [0.2, 0.25) is 0 Å². The fraction of sp³-hybridized carbons (Fsp3) is 0.409. The number of hydrogen-bond acceptors (Lipinski definition) is 3. The highest BCUT2D eigenvalue weighted by molar-refractivity contribution is 5.89. The van der Waals surface area contributed by atoms with Gasteiger partial charge in [0.25, 0.3) is 0 Å². The van der Waals surface area contributed by atoms with Gasteiger partial charge in [0.1, 0.15) is 12.4 Å². The molecule has 0 radical (unpaired) electrons. The van der Waals surface area contributed by atoms with Crippen molar-refractivity contribution in [3.05, 3.63) is 64.2 Å². The molecule has 2 aromatic carbocycles. The van der Waals surface area contributed by atoms with Crippen LogP contribution in [0.5, 0.6) is 5.75 Å². The Hall–Kier alpha value is -2.29. The predicted octanol–water partition coefficient (Wildman–Crippen LogP) is 5.36. The molecule has 2 aromatic rings. The summed E-state index contributed by atoms with van der Waals surface area (Å²) in [6.45, 7) is 13.6. The van der Waals surface area contributed by atoms with Crippen molar-refractivity contribution in [2.45, 2.75) is 53.6 Å². The summed E-state index contributed by atoms with van der Waals surface area (Å²) < 4.78 is 10.9. The van der Waals surface area contributed by atoms with E-state index in [1.54, 1.807) is 24.3 Å². The minimum Gasteiger partial charge on any atom is -0.494 e. The van der Waals surface area contributed by atoms with Gasteiger partial charge >= 0.3 is 5.97 Å². The van der Waals surface area contributed by atoms with Gasteiger partial charge in [-0.05, 0) is 72.7 Å². The van der Waals surface area contributed by atoms with Crippen LogP contribution in [0.25, 0.3) is 0 Å². The molecule has 3 nitrogen and oxygen atoms in total. The lowest BCUT2D eigenvalue weighted by Gasteiger charge is -2.22. The maximum atomic E-state index is 12.3. The monoisotopic (exact) mass is 340 g/mol. The molecule has 0 amide bonds. The van der Waals surface area contributed by atoms with Crippen LogP contribution < -0.4 is 4.74 Å². The Bertz CT molecular complexity index is 714. The first-order valence-electron chi connectivity index (χ1n) is 8.73. The highest BCUT2D eigenvalue weighted by atomic mass is 16.5. The Morgan fingerprint density at radius 2 is 1.56 bits per heavy atom. The van der Waals surface area contributed by atoms with Gasteiger partial charge < -0.3 is 9.47 Å². The van der Waals surface area contributed by atoms with Crippen LogP contribution in [0.3, 0.4) is 0 Å². The van der Waals surface area contributed by atoms with Crippen molar-refractivity contribution in [1.29, 1.82) is 0 Å². The van der Waals surface area contributed by atoms with Crippen molar-refractivity contribution in [2.24, 2.45) is 0 Å². The molecule has 0 heterocycles. The number of carbonyl (C=O) groups excluding carboxylic acids is 1. The van der Waals surface area contributed by atoms with Crippen LogP contribution >= 0.6 is 0 Å². The summed E-state index contributed by atoms with van der Waals surface area (Å²) in [4.78, 5) is 12.3. The number of carbonyl (C=O) groups is 1. The first kappa shape index (κ1) is 19.0. The molecule has 0 aliphatic rings. The average Bonchev–Trinajstić information content (AvgIpc) is 2.54. The van der Waals surface area contributed by atoms with E-state index in [-0.39, 0.29) is 18.0 Å². The quantitative estimate of drug-likeness (QED) is 0.688. The second-order valence-electron chi connectivity index (χ2n) is 7.37. The van der Waals surface area contributed by atoms with Crippen molar-refractivity contribution >= 4 is 5.97 Å². The number of hydrogen-bond donors (Lipinski definition) is 0. The van der Waals surface area contributed by atoms with Gasteiger partial charge in [-0.15, -0.1) is 0 Å². The smallest absolute Gasteiger partial charge is 0.338 e. The number of aryl methyl sites for hydroxylation is 2. The van der Waals surface area contributed by atoms with Crippen molar-refractivity contribution in [1.82, 2.24) is 0 Å². The molecule has 0 atom stereocenters. The molecule has 0 aromatic heterocycles. The van der Waals surface area contributed by atoms with Crippen molar-refractivity contribution in [3.63, 3.8) is 0 Å². The number of ether oxygens (including phenoxy) is 2. The van der Waals surface area contributed by atoms with E-state index in [2.05, 4.69) is 46.8 Å². The minimum absolute atomic E-state index is 0.104. The van der Waals surface area contributed by atoms with Crippen LogP contribution in [0, 0.1) is 13.8 Å². The summed E-state index contributed by atoms with van der Waals surface area (Å²) in [5, 5.41) is 0. The zero-order valence-electron chi connectivity index (χ0n) is 16.1. The third kappa shape index (κ3) is 4.85. The maximum absolute atomic E-state index is 12.3. The van der Waals surface area contributed by atoms with E-state index < -0.39 is 0 Å². The first-order valence-corrected chi connectivity index (χ1v) is 8.73. The third-order valence-corrected chi connectivity index (χ3v) is 4.31. The summed E-state index contributed by atoms with van der Waals surface area (Å²) >= 11 is 0. The van der Waals surface area contributed by atoms with Crippen LogP contribution in [-0.4, -0.2) is 12.6 Å². The molecule has 0 aliphatic carbocycles. The molecular weight excluding hydrogens is 312 g/mol. The first-order chi connectivity index (χ1) is 11.7. The average molecular weight is 340 g/mol. The van der Waals surface area contributed by atoms with Crippen LogP contribution in [0.15, 0.2) is 36.4 Å². The number of esters is 1. The molecule has 0 fully saturated rings.